The van der Waals surface area contributed by atoms with Crippen molar-refractivity contribution in [2.45, 2.75) is 19.3 Å². The van der Waals surface area contributed by atoms with Crippen LogP contribution in [0.3, 0.4) is 0 Å². The molecule has 1 atom stereocenters. The smallest absolute Gasteiger partial charge is 0.335 e. The van der Waals surface area contributed by atoms with Gasteiger partial charge in [-0.3, -0.25) is 4.79 Å². The quantitative estimate of drug-likeness (QED) is 0.756. The number of hydrogen-bond acceptors (Lipinski definition) is 3. The fourth-order valence-corrected chi connectivity index (χ4v) is 2.43. The van der Waals surface area contributed by atoms with E-state index >= 15 is 0 Å². The lowest BCUT2D eigenvalue weighted by molar-refractivity contribution is -0.117. The van der Waals surface area contributed by atoms with Gasteiger partial charge in [-0.15, -0.1) is 0 Å². The lowest BCUT2D eigenvalue weighted by Crippen LogP contribution is -2.21. The van der Waals surface area contributed by atoms with E-state index in [1.165, 1.54) is 12.1 Å². The van der Waals surface area contributed by atoms with Gasteiger partial charge in [-0.05, 0) is 30.2 Å². The third kappa shape index (κ3) is 3.98. The number of amides is 1. The SMILES string of the molecule is CCC(C(=O)Nc1cc(C(=O)O)cc(C(=O)O)c1)c1ccccc1. The van der Waals surface area contributed by atoms with Crippen LogP contribution in [-0.2, 0) is 4.79 Å². The standard InChI is InChI=1S/C18H17NO5/c1-2-15(11-6-4-3-5-7-11)16(20)19-14-9-12(17(21)22)8-13(10-14)18(23)24/h3-10,15H,2H2,1H3,(H,19,20)(H,21,22)(H,23,24). The Morgan fingerprint density at radius 1 is 0.958 bits per heavy atom. The Bertz CT molecular complexity index is 738. The first kappa shape index (κ1) is 17.2. The van der Waals surface area contributed by atoms with Gasteiger partial charge in [0.1, 0.15) is 0 Å². The van der Waals surface area contributed by atoms with Gasteiger partial charge in [-0.2, -0.15) is 0 Å². The van der Waals surface area contributed by atoms with Crippen LogP contribution in [0.2, 0.25) is 0 Å². The summed E-state index contributed by atoms with van der Waals surface area (Å²) in [7, 11) is 0. The highest BCUT2D eigenvalue weighted by molar-refractivity contribution is 6.00. The lowest BCUT2D eigenvalue weighted by atomic mass is 9.95. The molecular weight excluding hydrogens is 310 g/mol. The zero-order chi connectivity index (χ0) is 17.7. The van der Waals surface area contributed by atoms with Gasteiger partial charge in [0.2, 0.25) is 5.91 Å². The topological polar surface area (TPSA) is 104 Å². The van der Waals surface area contributed by atoms with E-state index in [0.717, 1.165) is 11.6 Å². The van der Waals surface area contributed by atoms with E-state index in [0.29, 0.717) is 6.42 Å². The monoisotopic (exact) mass is 327 g/mol. The van der Waals surface area contributed by atoms with Crippen molar-refractivity contribution >= 4 is 23.5 Å². The number of carbonyl (C=O) groups excluding carboxylic acids is 1. The van der Waals surface area contributed by atoms with Crippen molar-refractivity contribution in [2.24, 2.45) is 0 Å². The minimum Gasteiger partial charge on any atom is -0.478 e. The van der Waals surface area contributed by atoms with Gasteiger partial charge < -0.3 is 15.5 Å². The molecule has 6 heteroatoms. The highest BCUT2D eigenvalue weighted by Crippen LogP contribution is 2.23. The maximum atomic E-state index is 12.5. The third-order valence-electron chi connectivity index (χ3n) is 3.62. The van der Waals surface area contributed by atoms with Crippen LogP contribution in [0.5, 0.6) is 0 Å². The van der Waals surface area contributed by atoms with E-state index < -0.39 is 17.9 Å². The Balaban J connectivity index is 2.30. The molecule has 0 spiro atoms. The molecule has 0 fully saturated rings. The van der Waals surface area contributed by atoms with Crippen LogP contribution in [0, 0.1) is 0 Å². The first-order valence-corrected chi connectivity index (χ1v) is 7.40. The first-order valence-electron chi connectivity index (χ1n) is 7.40. The highest BCUT2D eigenvalue weighted by Gasteiger charge is 2.20. The van der Waals surface area contributed by atoms with Crippen LogP contribution in [0.15, 0.2) is 48.5 Å². The minimum atomic E-state index is -1.26. The molecule has 0 saturated heterocycles. The molecule has 0 aliphatic rings. The Labute approximate surface area is 138 Å². The van der Waals surface area contributed by atoms with Crippen LogP contribution in [-0.4, -0.2) is 28.1 Å². The molecule has 124 valence electrons. The number of aromatic carboxylic acids is 2. The molecule has 0 aliphatic heterocycles. The number of rotatable bonds is 6. The third-order valence-corrected chi connectivity index (χ3v) is 3.62. The van der Waals surface area contributed by atoms with Crippen LogP contribution >= 0.6 is 0 Å². The van der Waals surface area contributed by atoms with Gasteiger partial charge >= 0.3 is 11.9 Å². The molecule has 3 N–H and O–H groups in total. The largest absolute Gasteiger partial charge is 0.478 e. The molecule has 6 nitrogen and oxygen atoms in total. The second kappa shape index (κ2) is 7.41. The molecule has 0 aromatic heterocycles. The molecule has 1 unspecified atom stereocenters. The molecule has 0 saturated carbocycles. The van der Waals surface area contributed by atoms with E-state index in [4.69, 9.17) is 10.2 Å². The summed E-state index contributed by atoms with van der Waals surface area (Å²) in [6.07, 6.45) is 0.556. The zero-order valence-corrected chi connectivity index (χ0v) is 13.0. The van der Waals surface area contributed by atoms with Crippen molar-refractivity contribution in [1.29, 1.82) is 0 Å². The number of anilines is 1. The molecule has 2 rings (SSSR count). The van der Waals surface area contributed by atoms with Crippen molar-refractivity contribution in [3.63, 3.8) is 0 Å². The van der Waals surface area contributed by atoms with Crippen LogP contribution in [0.1, 0.15) is 45.5 Å². The average molecular weight is 327 g/mol. The summed E-state index contributed by atoms with van der Waals surface area (Å²) < 4.78 is 0. The molecule has 2 aromatic carbocycles. The lowest BCUT2D eigenvalue weighted by Gasteiger charge is -2.16. The van der Waals surface area contributed by atoms with Gasteiger partial charge in [0.25, 0.3) is 0 Å². The number of carbonyl (C=O) groups is 3. The molecule has 0 aliphatic carbocycles. The molecule has 0 radical (unpaired) electrons. The summed E-state index contributed by atoms with van der Waals surface area (Å²) in [5.74, 6) is -3.25. The van der Waals surface area contributed by atoms with Crippen molar-refractivity contribution in [1.82, 2.24) is 0 Å². The zero-order valence-electron chi connectivity index (χ0n) is 13.0. The summed E-state index contributed by atoms with van der Waals surface area (Å²) in [5, 5.41) is 20.8. The maximum absolute atomic E-state index is 12.5. The fraction of sp³-hybridized carbons (Fsp3) is 0.167. The molecule has 2 aromatic rings. The first-order chi connectivity index (χ1) is 11.4. The Kier molecular flexibility index (Phi) is 5.31. The van der Waals surface area contributed by atoms with Crippen molar-refractivity contribution in [3.05, 3.63) is 65.2 Å². The minimum absolute atomic E-state index is 0.145. The second-order valence-corrected chi connectivity index (χ2v) is 5.27. The number of hydrogen-bond donors (Lipinski definition) is 3. The second-order valence-electron chi connectivity index (χ2n) is 5.27. The Morgan fingerprint density at radius 2 is 1.50 bits per heavy atom. The molecule has 0 heterocycles. The molecule has 1 amide bonds. The van der Waals surface area contributed by atoms with Crippen molar-refractivity contribution in [3.8, 4) is 0 Å². The Hall–Kier alpha value is -3.15. The summed E-state index contributed by atoms with van der Waals surface area (Å²) in [5.41, 5.74) is 0.591. The number of carboxylic acid groups (broad SMARTS) is 2. The summed E-state index contributed by atoms with van der Waals surface area (Å²) in [6.45, 7) is 1.87. The van der Waals surface area contributed by atoms with Gasteiger partial charge in [-0.25, -0.2) is 9.59 Å². The summed E-state index contributed by atoms with van der Waals surface area (Å²) in [4.78, 5) is 34.7. The number of nitrogens with one attached hydrogen (secondary N) is 1. The summed E-state index contributed by atoms with van der Waals surface area (Å²) >= 11 is 0. The van der Waals surface area contributed by atoms with E-state index in [1.54, 1.807) is 0 Å². The molecule has 0 bridgehead atoms. The predicted octanol–water partition coefficient (Wildman–Crippen LogP) is 3.22. The van der Waals surface area contributed by atoms with Crippen LogP contribution in [0.25, 0.3) is 0 Å². The van der Waals surface area contributed by atoms with E-state index in [1.807, 2.05) is 37.3 Å². The average Bonchev–Trinajstić information content (AvgIpc) is 2.56. The van der Waals surface area contributed by atoms with E-state index in [2.05, 4.69) is 5.32 Å². The van der Waals surface area contributed by atoms with E-state index in [9.17, 15) is 14.4 Å². The maximum Gasteiger partial charge on any atom is 0.335 e. The number of carboxylic acids is 2. The van der Waals surface area contributed by atoms with E-state index in [-0.39, 0.29) is 22.7 Å². The predicted molar refractivity (Wildman–Crippen MR) is 88.5 cm³/mol. The highest BCUT2D eigenvalue weighted by atomic mass is 16.4. The number of benzene rings is 2. The molecular formula is C18H17NO5. The Morgan fingerprint density at radius 3 is 1.96 bits per heavy atom. The fourth-order valence-electron chi connectivity index (χ4n) is 2.43. The molecule has 24 heavy (non-hydrogen) atoms. The van der Waals surface area contributed by atoms with Crippen molar-refractivity contribution in [2.75, 3.05) is 5.32 Å². The van der Waals surface area contributed by atoms with Crippen LogP contribution < -0.4 is 5.32 Å². The van der Waals surface area contributed by atoms with Gasteiger partial charge in [-0.1, -0.05) is 37.3 Å². The summed E-state index contributed by atoms with van der Waals surface area (Å²) in [6, 6.07) is 12.7. The van der Waals surface area contributed by atoms with Crippen molar-refractivity contribution < 1.29 is 24.6 Å². The van der Waals surface area contributed by atoms with Gasteiger partial charge in [0.15, 0.2) is 0 Å². The normalized spacial score (nSPS) is 11.5. The van der Waals surface area contributed by atoms with Gasteiger partial charge in [0.05, 0.1) is 17.0 Å². The van der Waals surface area contributed by atoms with Gasteiger partial charge in [0, 0.05) is 5.69 Å². The van der Waals surface area contributed by atoms with Crippen LogP contribution in [0.4, 0.5) is 5.69 Å².